The van der Waals surface area contributed by atoms with Crippen LogP contribution in [0.25, 0.3) is 0 Å². The van der Waals surface area contributed by atoms with Gasteiger partial charge in [-0.1, -0.05) is 6.92 Å². The quantitative estimate of drug-likeness (QED) is 0.798. The normalized spacial score (nSPS) is 10.2. The number of ether oxygens (including phenoxy) is 1. The minimum absolute atomic E-state index is 0.622. The van der Waals surface area contributed by atoms with E-state index in [9.17, 15) is 0 Å². The van der Waals surface area contributed by atoms with Crippen LogP contribution >= 0.6 is 0 Å². The number of aromatic nitrogens is 2. The van der Waals surface area contributed by atoms with Crippen LogP contribution in [0.2, 0.25) is 0 Å². The molecule has 0 spiro atoms. The van der Waals surface area contributed by atoms with Gasteiger partial charge in [0, 0.05) is 18.7 Å². The minimum atomic E-state index is 0.622. The summed E-state index contributed by atoms with van der Waals surface area (Å²) in [6, 6.07) is 1.90. The Morgan fingerprint density at radius 3 is 2.68 bits per heavy atom. The van der Waals surface area contributed by atoms with Crippen LogP contribution in [0.1, 0.15) is 18.9 Å². The van der Waals surface area contributed by atoms with Gasteiger partial charge in [-0.2, -0.15) is 0 Å². The van der Waals surface area contributed by atoms with E-state index in [1.807, 2.05) is 6.07 Å². The maximum atomic E-state index is 5.37. The van der Waals surface area contributed by atoms with Gasteiger partial charge in [0.1, 0.15) is 6.33 Å². The molecule has 0 saturated carbocycles. The molecule has 6 nitrogen and oxygen atoms in total. The Bertz CT molecular complexity index is 499. The van der Waals surface area contributed by atoms with Gasteiger partial charge in [0.2, 0.25) is 5.75 Å². The molecule has 0 fully saturated rings. The summed E-state index contributed by atoms with van der Waals surface area (Å²) >= 11 is 0. The highest BCUT2D eigenvalue weighted by Crippen LogP contribution is 2.29. The van der Waals surface area contributed by atoms with Crippen LogP contribution in [0.5, 0.6) is 5.75 Å². The zero-order chi connectivity index (χ0) is 13.5. The highest BCUT2D eigenvalue weighted by atomic mass is 16.5. The fourth-order valence-corrected chi connectivity index (χ4v) is 1.64. The molecule has 0 aliphatic heterocycles. The van der Waals surface area contributed by atoms with Crippen molar-refractivity contribution < 1.29 is 9.15 Å². The maximum Gasteiger partial charge on any atom is 0.204 e. The fraction of sp³-hybridized carbons (Fsp3) is 0.385. The first kappa shape index (κ1) is 13.2. The predicted molar refractivity (Wildman–Crippen MR) is 73.4 cm³/mol. The van der Waals surface area contributed by atoms with Crippen molar-refractivity contribution in [3.05, 3.63) is 30.5 Å². The summed E-state index contributed by atoms with van der Waals surface area (Å²) < 4.78 is 10.4. The van der Waals surface area contributed by atoms with Crippen molar-refractivity contribution in [2.24, 2.45) is 0 Å². The van der Waals surface area contributed by atoms with Crippen molar-refractivity contribution in [1.82, 2.24) is 9.97 Å². The van der Waals surface area contributed by atoms with Gasteiger partial charge in [0.05, 0.1) is 19.6 Å². The number of rotatable bonds is 7. The zero-order valence-corrected chi connectivity index (χ0v) is 11.1. The summed E-state index contributed by atoms with van der Waals surface area (Å²) in [5.74, 6) is 1.99. The van der Waals surface area contributed by atoms with Crippen LogP contribution in [0, 0.1) is 0 Å². The molecule has 2 aromatic heterocycles. The van der Waals surface area contributed by atoms with E-state index in [1.165, 1.54) is 6.33 Å². The van der Waals surface area contributed by atoms with Crippen molar-refractivity contribution in [2.75, 3.05) is 24.3 Å². The van der Waals surface area contributed by atoms with Gasteiger partial charge in [0.15, 0.2) is 11.6 Å². The third kappa shape index (κ3) is 3.37. The Hall–Kier alpha value is -2.24. The molecule has 2 aromatic rings. The van der Waals surface area contributed by atoms with Crippen LogP contribution in [0.3, 0.4) is 0 Å². The molecule has 0 unspecified atom stereocenters. The summed E-state index contributed by atoms with van der Waals surface area (Å²) in [6.07, 6.45) is 5.86. The summed E-state index contributed by atoms with van der Waals surface area (Å²) in [5.41, 5.74) is 1.05. The molecule has 0 amide bonds. The third-order valence-corrected chi connectivity index (χ3v) is 2.59. The largest absolute Gasteiger partial charge is 0.490 e. The lowest BCUT2D eigenvalue weighted by Gasteiger charge is -2.13. The number of methoxy groups -OCH3 is 1. The van der Waals surface area contributed by atoms with E-state index in [-0.39, 0.29) is 0 Å². The second-order valence-electron chi connectivity index (χ2n) is 4.02. The van der Waals surface area contributed by atoms with E-state index in [0.717, 1.165) is 18.5 Å². The highest BCUT2D eigenvalue weighted by Gasteiger charge is 2.11. The molecular weight excluding hydrogens is 244 g/mol. The van der Waals surface area contributed by atoms with Crippen LogP contribution < -0.4 is 15.4 Å². The number of furan rings is 1. The van der Waals surface area contributed by atoms with E-state index in [2.05, 4.69) is 27.5 Å². The van der Waals surface area contributed by atoms with Crippen LogP contribution in [0.4, 0.5) is 11.6 Å². The van der Waals surface area contributed by atoms with Gasteiger partial charge in [-0.3, -0.25) is 0 Å². The first-order valence-corrected chi connectivity index (χ1v) is 6.23. The summed E-state index contributed by atoms with van der Waals surface area (Å²) in [7, 11) is 1.61. The molecule has 0 atom stereocenters. The molecule has 2 rings (SSSR count). The van der Waals surface area contributed by atoms with Crippen molar-refractivity contribution >= 4 is 11.6 Å². The smallest absolute Gasteiger partial charge is 0.204 e. The van der Waals surface area contributed by atoms with Crippen molar-refractivity contribution in [3.63, 3.8) is 0 Å². The Kier molecular flexibility index (Phi) is 4.60. The lowest BCUT2D eigenvalue weighted by atomic mass is 10.3. The second kappa shape index (κ2) is 6.63. The Morgan fingerprint density at radius 2 is 2.05 bits per heavy atom. The standard InChI is InChI=1S/C13H18N4O2/c1-3-5-14-12-11(18-2)13(17-9-16-12)15-7-10-4-6-19-8-10/h4,6,8-9H,3,5,7H2,1-2H3,(H2,14,15,16,17). The molecule has 0 aliphatic carbocycles. The van der Waals surface area contributed by atoms with E-state index in [0.29, 0.717) is 23.9 Å². The van der Waals surface area contributed by atoms with Gasteiger partial charge in [-0.25, -0.2) is 9.97 Å². The van der Waals surface area contributed by atoms with E-state index >= 15 is 0 Å². The number of hydrogen-bond donors (Lipinski definition) is 2. The SMILES string of the molecule is CCCNc1ncnc(NCc2ccoc2)c1OC. The molecule has 102 valence electrons. The van der Waals surface area contributed by atoms with Gasteiger partial charge in [0.25, 0.3) is 0 Å². The van der Waals surface area contributed by atoms with Crippen molar-refractivity contribution in [1.29, 1.82) is 0 Å². The highest BCUT2D eigenvalue weighted by molar-refractivity contribution is 5.63. The molecule has 0 bridgehead atoms. The molecule has 19 heavy (non-hydrogen) atoms. The van der Waals surface area contributed by atoms with Gasteiger partial charge >= 0.3 is 0 Å². The van der Waals surface area contributed by atoms with Gasteiger partial charge in [-0.15, -0.1) is 0 Å². The molecule has 0 radical (unpaired) electrons. The van der Waals surface area contributed by atoms with E-state index in [4.69, 9.17) is 9.15 Å². The average molecular weight is 262 g/mol. The van der Waals surface area contributed by atoms with E-state index in [1.54, 1.807) is 19.6 Å². The first-order chi connectivity index (χ1) is 9.35. The molecule has 0 aromatic carbocycles. The molecule has 2 N–H and O–H groups in total. The number of hydrogen-bond acceptors (Lipinski definition) is 6. The first-order valence-electron chi connectivity index (χ1n) is 6.23. The monoisotopic (exact) mass is 262 g/mol. The van der Waals surface area contributed by atoms with Gasteiger partial charge < -0.3 is 19.8 Å². The average Bonchev–Trinajstić information content (AvgIpc) is 2.96. The van der Waals surface area contributed by atoms with Crippen LogP contribution in [-0.4, -0.2) is 23.6 Å². The lowest BCUT2D eigenvalue weighted by Crippen LogP contribution is -2.08. The van der Waals surface area contributed by atoms with Gasteiger partial charge in [-0.05, 0) is 12.5 Å². The van der Waals surface area contributed by atoms with E-state index < -0.39 is 0 Å². The molecular formula is C13H18N4O2. The van der Waals surface area contributed by atoms with Crippen LogP contribution in [0.15, 0.2) is 29.3 Å². The third-order valence-electron chi connectivity index (χ3n) is 2.59. The molecule has 2 heterocycles. The second-order valence-corrected chi connectivity index (χ2v) is 4.02. The topological polar surface area (TPSA) is 72.2 Å². The Labute approximate surface area is 112 Å². The van der Waals surface area contributed by atoms with Crippen LogP contribution in [-0.2, 0) is 6.54 Å². The van der Waals surface area contributed by atoms with Crippen molar-refractivity contribution in [2.45, 2.75) is 19.9 Å². The Balaban J connectivity index is 2.10. The maximum absolute atomic E-state index is 5.37. The predicted octanol–water partition coefficient (Wildman–Crippen LogP) is 2.51. The van der Waals surface area contributed by atoms with Crippen molar-refractivity contribution in [3.8, 4) is 5.75 Å². The number of nitrogens with zero attached hydrogens (tertiary/aromatic N) is 2. The molecule has 0 aliphatic rings. The zero-order valence-electron chi connectivity index (χ0n) is 11.1. The lowest BCUT2D eigenvalue weighted by molar-refractivity contribution is 0.414. The number of anilines is 2. The Morgan fingerprint density at radius 1 is 1.26 bits per heavy atom. The minimum Gasteiger partial charge on any atom is -0.490 e. The summed E-state index contributed by atoms with van der Waals surface area (Å²) in [6.45, 7) is 3.56. The number of nitrogens with one attached hydrogen (secondary N) is 2. The molecule has 6 heteroatoms. The summed E-state index contributed by atoms with van der Waals surface area (Å²) in [5, 5.41) is 6.42. The molecule has 0 saturated heterocycles. The fourth-order valence-electron chi connectivity index (χ4n) is 1.64. The summed E-state index contributed by atoms with van der Waals surface area (Å²) in [4.78, 5) is 8.39.